The standard InChI is InChI=1S/C14H21FN4O/c1-9-7-19(8-13(9)18(2)3)12-5-4-10(15)6-11(12)14(16)17-20/h4-6,9,13,20H,7-8H2,1-3H3,(H2,16,17). The smallest absolute Gasteiger partial charge is 0.172 e. The summed E-state index contributed by atoms with van der Waals surface area (Å²) in [6, 6.07) is 4.82. The molecule has 0 aromatic heterocycles. The van der Waals surface area contributed by atoms with Crippen LogP contribution in [0, 0.1) is 11.7 Å². The van der Waals surface area contributed by atoms with Crippen LogP contribution in [0.2, 0.25) is 0 Å². The highest BCUT2D eigenvalue weighted by Crippen LogP contribution is 2.29. The molecule has 0 aliphatic carbocycles. The minimum absolute atomic E-state index is 0.0690. The van der Waals surface area contributed by atoms with E-state index >= 15 is 0 Å². The zero-order valence-electron chi connectivity index (χ0n) is 12.0. The first-order chi connectivity index (χ1) is 9.43. The molecule has 0 radical (unpaired) electrons. The number of halogens is 1. The Kier molecular flexibility index (Phi) is 4.13. The fraction of sp³-hybridized carbons (Fsp3) is 0.500. The van der Waals surface area contributed by atoms with E-state index in [2.05, 4.69) is 36.0 Å². The summed E-state index contributed by atoms with van der Waals surface area (Å²) in [4.78, 5) is 4.35. The van der Waals surface area contributed by atoms with Crippen LogP contribution in [0.15, 0.2) is 23.4 Å². The number of benzene rings is 1. The quantitative estimate of drug-likeness (QED) is 0.379. The molecule has 20 heavy (non-hydrogen) atoms. The summed E-state index contributed by atoms with van der Waals surface area (Å²) in [5, 5.41) is 11.8. The molecule has 0 bridgehead atoms. The maximum Gasteiger partial charge on any atom is 0.172 e. The van der Waals surface area contributed by atoms with Gasteiger partial charge in [0.1, 0.15) is 5.82 Å². The zero-order chi connectivity index (χ0) is 14.9. The van der Waals surface area contributed by atoms with Gasteiger partial charge < -0.3 is 20.7 Å². The fourth-order valence-electron chi connectivity index (χ4n) is 2.86. The molecule has 1 aromatic carbocycles. The second kappa shape index (κ2) is 5.66. The third kappa shape index (κ3) is 2.70. The molecule has 0 amide bonds. The van der Waals surface area contributed by atoms with E-state index in [0.717, 1.165) is 18.8 Å². The van der Waals surface area contributed by atoms with Crippen molar-refractivity contribution in [2.45, 2.75) is 13.0 Å². The molecule has 1 aromatic rings. The van der Waals surface area contributed by atoms with Gasteiger partial charge in [-0.2, -0.15) is 0 Å². The minimum Gasteiger partial charge on any atom is -0.409 e. The summed E-state index contributed by atoms with van der Waals surface area (Å²) >= 11 is 0. The van der Waals surface area contributed by atoms with E-state index in [1.54, 1.807) is 6.07 Å². The third-order valence-corrected chi connectivity index (χ3v) is 3.92. The summed E-state index contributed by atoms with van der Waals surface area (Å²) in [6.07, 6.45) is 0. The molecule has 2 atom stereocenters. The highest BCUT2D eigenvalue weighted by atomic mass is 19.1. The van der Waals surface area contributed by atoms with Gasteiger partial charge in [0.25, 0.3) is 0 Å². The number of anilines is 1. The summed E-state index contributed by atoms with van der Waals surface area (Å²) < 4.78 is 13.4. The van der Waals surface area contributed by atoms with Crippen LogP contribution in [-0.2, 0) is 0 Å². The molecule has 6 heteroatoms. The van der Waals surface area contributed by atoms with Crippen LogP contribution in [0.5, 0.6) is 0 Å². The molecule has 1 heterocycles. The van der Waals surface area contributed by atoms with Gasteiger partial charge in [-0.3, -0.25) is 0 Å². The van der Waals surface area contributed by atoms with Crippen molar-refractivity contribution >= 4 is 11.5 Å². The maximum absolute atomic E-state index is 13.4. The van der Waals surface area contributed by atoms with Crippen molar-refractivity contribution in [2.24, 2.45) is 16.8 Å². The number of hydrogen-bond acceptors (Lipinski definition) is 4. The van der Waals surface area contributed by atoms with E-state index in [-0.39, 0.29) is 5.84 Å². The maximum atomic E-state index is 13.4. The van der Waals surface area contributed by atoms with Crippen LogP contribution in [0.3, 0.4) is 0 Å². The van der Waals surface area contributed by atoms with E-state index in [0.29, 0.717) is 17.5 Å². The molecule has 2 unspecified atom stereocenters. The summed E-state index contributed by atoms with van der Waals surface area (Å²) in [5.41, 5.74) is 6.89. The molecule has 1 fully saturated rings. The Morgan fingerprint density at radius 1 is 1.45 bits per heavy atom. The van der Waals surface area contributed by atoms with Crippen molar-refractivity contribution in [1.29, 1.82) is 0 Å². The Morgan fingerprint density at radius 2 is 2.15 bits per heavy atom. The van der Waals surface area contributed by atoms with Crippen LogP contribution in [-0.4, -0.2) is 49.2 Å². The molecule has 0 saturated carbocycles. The first-order valence-corrected chi connectivity index (χ1v) is 6.63. The van der Waals surface area contributed by atoms with Gasteiger partial charge in [0.05, 0.1) is 0 Å². The fourth-order valence-corrected chi connectivity index (χ4v) is 2.86. The molecular formula is C14H21FN4O. The lowest BCUT2D eigenvalue weighted by atomic mass is 10.1. The minimum atomic E-state index is -0.397. The van der Waals surface area contributed by atoms with Gasteiger partial charge in [0.2, 0.25) is 0 Å². The number of nitrogens with zero attached hydrogens (tertiary/aromatic N) is 3. The number of nitrogens with two attached hydrogens (primary N) is 1. The van der Waals surface area contributed by atoms with Crippen molar-refractivity contribution in [1.82, 2.24) is 4.90 Å². The summed E-state index contributed by atoms with van der Waals surface area (Å²) in [5.74, 6) is 0.0300. The van der Waals surface area contributed by atoms with Gasteiger partial charge >= 0.3 is 0 Å². The molecule has 1 aliphatic heterocycles. The molecular weight excluding hydrogens is 259 g/mol. The van der Waals surface area contributed by atoms with Gasteiger partial charge in [-0.25, -0.2) is 4.39 Å². The van der Waals surface area contributed by atoms with Crippen molar-refractivity contribution in [3.05, 3.63) is 29.6 Å². The van der Waals surface area contributed by atoms with Gasteiger partial charge in [-0.05, 0) is 38.2 Å². The Morgan fingerprint density at radius 3 is 2.70 bits per heavy atom. The molecule has 1 saturated heterocycles. The second-order valence-corrected chi connectivity index (χ2v) is 5.56. The second-order valence-electron chi connectivity index (χ2n) is 5.56. The molecule has 5 nitrogen and oxygen atoms in total. The Labute approximate surface area is 118 Å². The van der Waals surface area contributed by atoms with Crippen LogP contribution < -0.4 is 10.6 Å². The molecule has 110 valence electrons. The summed E-state index contributed by atoms with van der Waals surface area (Å²) in [7, 11) is 4.11. The van der Waals surface area contributed by atoms with E-state index < -0.39 is 5.82 Å². The van der Waals surface area contributed by atoms with Crippen molar-refractivity contribution < 1.29 is 9.60 Å². The van der Waals surface area contributed by atoms with E-state index in [1.165, 1.54) is 12.1 Å². The average Bonchev–Trinajstić information content (AvgIpc) is 2.79. The number of rotatable bonds is 3. The van der Waals surface area contributed by atoms with Crippen LogP contribution in [0.1, 0.15) is 12.5 Å². The van der Waals surface area contributed by atoms with Crippen molar-refractivity contribution in [3.63, 3.8) is 0 Å². The van der Waals surface area contributed by atoms with E-state index in [1.807, 2.05) is 0 Å². The topological polar surface area (TPSA) is 65.1 Å². The van der Waals surface area contributed by atoms with Gasteiger partial charge in [0.15, 0.2) is 5.84 Å². The van der Waals surface area contributed by atoms with Crippen LogP contribution in [0.25, 0.3) is 0 Å². The van der Waals surface area contributed by atoms with Crippen molar-refractivity contribution in [2.75, 3.05) is 32.1 Å². The van der Waals surface area contributed by atoms with Gasteiger partial charge in [-0.15, -0.1) is 0 Å². The summed E-state index contributed by atoms with van der Waals surface area (Å²) in [6.45, 7) is 3.89. The lowest BCUT2D eigenvalue weighted by molar-refractivity contribution is 0.266. The third-order valence-electron chi connectivity index (χ3n) is 3.92. The number of amidine groups is 1. The molecule has 2 rings (SSSR count). The molecule has 0 spiro atoms. The highest BCUT2D eigenvalue weighted by Gasteiger charge is 2.32. The van der Waals surface area contributed by atoms with Gasteiger partial charge in [0, 0.05) is 30.4 Å². The van der Waals surface area contributed by atoms with Crippen LogP contribution in [0.4, 0.5) is 10.1 Å². The zero-order valence-corrected chi connectivity index (χ0v) is 12.0. The van der Waals surface area contributed by atoms with Crippen LogP contribution >= 0.6 is 0 Å². The number of oxime groups is 1. The lowest BCUT2D eigenvalue weighted by Crippen LogP contribution is -2.34. The Hall–Kier alpha value is -1.82. The first kappa shape index (κ1) is 14.6. The predicted octanol–water partition coefficient (Wildman–Crippen LogP) is 1.31. The Balaban J connectivity index is 2.35. The lowest BCUT2D eigenvalue weighted by Gasteiger charge is -2.24. The number of hydrogen-bond donors (Lipinski definition) is 2. The monoisotopic (exact) mass is 280 g/mol. The average molecular weight is 280 g/mol. The van der Waals surface area contributed by atoms with E-state index in [4.69, 9.17) is 10.9 Å². The predicted molar refractivity (Wildman–Crippen MR) is 77.8 cm³/mol. The van der Waals surface area contributed by atoms with Gasteiger partial charge in [-0.1, -0.05) is 12.1 Å². The molecule has 1 aliphatic rings. The number of likely N-dealkylation sites (N-methyl/N-ethyl adjacent to an activating group) is 1. The Bertz CT molecular complexity index is 518. The largest absolute Gasteiger partial charge is 0.409 e. The highest BCUT2D eigenvalue weighted by molar-refractivity contribution is 6.02. The molecule has 3 N–H and O–H groups in total. The van der Waals surface area contributed by atoms with E-state index in [9.17, 15) is 4.39 Å². The first-order valence-electron chi connectivity index (χ1n) is 6.63. The van der Waals surface area contributed by atoms with Crippen molar-refractivity contribution in [3.8, 4) is 0 Å². The SMILES string of the molecule is CC1CN(c2ccc(F)cc2/C(N)=N/O)CC1N(C)C. The normalized spacial score (nSPS) is 23.6.